The highest BCUT2D eigenvalue weighted by Gasteiger charge is 2.36. The Morgan fingerprint density at radius 2 is 2.00 bits per heavy atom. The lowest BCUT2D eigenvalue weighted by Crippen LogP contribution is -2.54. The number of fused-ring (bicyclic) bond motifs is 1. The van der Waals surface area contributed by atoms with Crippen LogP contribution in [-0.4, -0.2) is 64.2 Å². The molecule has 0 bridgehead atoms. The van der Waals surface area contributed by atoms with Crippen LogP contribution >= 0.6 is 11.8 Å². The van der Waals surface area contributed by atoms with Crippen LogP contribution in [0.1, 0.15) is 56.9 Å². The van der Waals surface area contributed by atoms with E-state index in [4.69, 9.17) is 5.10 Å². The number of hydrogen-bond acceptors (Lipinski definition) is 6. The molecule has 166 valence electrons. The number of aromatic nitrogens is 2. The molecule has 0 spiro atoms. The molecule has 8 nitrogen and oxygen atoms in total. The Balaban J connectivity index is 1.97. The zero-order valence-corrected chi connectivity index (χ0v) is 19.8. The monoisotopic (exact) mass is 434 g/mol. The number of rotatable bonds is 4. The molecule has 0 radical (unpaired) electrons. The van der Waals surface area contributed by atoms with E-state index >= 15 is 0 Å². The van der Waals surface area contributed by atoms with Crippen LogP contribution in [0, 0.1) is 5.41 Å². The topological polar surface area (TPSA) is 82.5 Å². The van der Waals surface area contributed by atoms with Crippen LogP contribution in [0.2, 0.25) is 0 Å². The van der Waals surface area contributed by atoms with Crippen molar-refractivity contribution in [2.45, 2.75) is 65.0 Å². The highest BCUT2D eigenvalue weighted by molar-refractivity contribution is 8.02. The summed E-state index contributed by atoms with van der Waals surface area (Å²) in [6, 6.07) is -0.578. The number of likely N-dealkylation sites (N-methyl/N-ethyl adjacent to an activating group) is 1. The van der Waals surface area contributed by atoms with Gasteiger partial charge in [-0.1, -0.05) is 20.8 Å². The van der Waals surface area contributed by atoms with Gasteiger partial charge in [-0.3, -0.25) is 9.69 Å². The van der Waals surface area contributed by atoms with Crippen molar-refractivity contribution < 1.29 is 9.59 Å². The molecule has 2 aliphatic rings. The molecule has 3 heterocycles. The molecule has 1 aromatic rings. The zero-order chi connectivity index (χ0) is 22.2. The van der Waals surface area contributed by atoms with Crippen molar-refractivity contribution in [1.82, 2.24) is 30.2 Å². The minimum atomic E-state index is -0.653. The van der Waals surface area contributed by atoms with Crippen molar-refractivity contribution in [3.63, 3.8) is 0 Å². The first-order valence-electron chi connectivity index (χ1n) is 10.5. The van der Waals surface area contributed by atoms with E-state index in [0.717, 1.165) is 36.5 Å². The van der Waals surface area contributed by atoms with Crippen LogP contribution in [0.4, 0.5) is 4.79 Å². The zero-order valence-electron chi connectivity index (χ0n) is 19.0. The second kappa shape index (κ2) is 8.63. The molecule has 0 aliphatic carbocycles. The van der Waals surface area contributed by atoms with Gasteiger partial charge in [0.25, 0.3) is 0 Å². The molecule has 2 aliphatic heterocycles. The molecule has 0 fully saturated rings. The molecule has 1 aromatic heterocycles. The van der Waals surface area contributed by atoms with E-state index in [9.17, 15) is 9.59 Å². The maximum atomic E-state index is 13.3. The van der Waals surface area contributed by atoms with E-state index in [2.05, 4.69) is 39.7 Å². The van der Waals surface area contributed by atoms with E-state index in [1.54, 1.807) is 18.8 Å². The Bertz CT molecular complexity index is 841. The standard InChI is InChI=1S/C21H34N6O2S/c1-13(2)26-9-8-15-14(12-26)16(19-25(7)10-11-30-19)24-27(15)20(29)23-17(18(28)22-6)21(3,4)5/h10-11,13,17,19H,8-9,12H2,1-7H3,(H,22,28)(H,23,29)/t17-,19?/m1/s1. The van der Waals surface area contributed by atoms with Crippen LogP contribution in [0.5, 0.6) is 0 Å². The lowest BCUT2D eigenvalue weighted by molar-refractivity contribution is -0.124. The highest BCUT2D eigenvalue weighted by Crippen LogP contribution is 2.40. The van der Waals surface area contributed by atoms with Crippen molar-refractivity contribution in [3.8, 4) is 0 Å². The van der Waals surface area contributed by atoms with Gasteiger partial charge in [-0.2, -0.15) is 9.78 Å². The molecule has 2 N–H and O–H groups in total. The van der Waals surface area contributed by atoms with E-state index in [0.29, 0.717) is 6.04 Å². The number of nitrogens with zero attached hydrogens (tertiary/aromatic N) is 4. The quantitative estimate of drug-likeness (QED) is 0.758. The first kappa shape index (κ1) is 22.7. The number of nitrogens with one attached hydrogen (secondary N) is 2. The third-order valence-electron chi connectivity index (χ3n) is 5.79. The maximum Gasteiger partial charge on any atom is 0.342 e. The largest absolute Gasteiger partial charge is 0.363 e. The Labute approximate surface area is 183 Å². The lowest BCUT2D eigenvalue weighted by atomic mass is 9.86. The van der Waals surface area contributed by atoms with Crippen molar-refractivity contribution in [2.24, 2.45) is 5.41 Å². The minimum absolute atomic E-state index is 0.0530. The third-order valence-corrected chi connectivity index (χ3v) is 6.88. The minimum Gasteiger partial charge on any atom is -0.363 e. The lowest BCUT2D eigenvalue weighted by Gasteiger charge is -2.32. The second-order valence-electron chi connectivity index (χ2n) is 9.34. The fourth-order valence-electron chi connectivity index (χ4n) is 3.91. The van der Waals surface area contributed by atoms with Gasteiger partial charge in [0, 0.05) is 51.4 Å². The van der Waals surface area contributed by atoms with Gasteiger partial charge in [-0.05, 0) is 24.7 Å². The SMILES string of the molecule is CNC(=O)[C@@H](NC(=O)n1nc(C2SC=CN2C)c2c1CCN(C(C)C)C2)C(C)(C)C. The van der Waals surface area contributed by atoms with Gasteiger partial charge in [0.05, 0.1) is 5.69 Å². The predicted molar refractivity (Wildman–Crippen MR) is 120 cm³/mol. The van der Waals surface area contributed by atoms with E-state index in [1.165, 1.54) is 4.68 Å². The third kappa shape index (κ3) is 4.37. The summed E-state index contributed by atoms with van der Waals surface area (Å²) in [4.78, 5) is 30.2. The summed E-state index contributed by atoms with van der Waals surface area (Å²) in [6.45, 7) is 11.9. The molecule has 0 saturated heterocycles. The number of hydrogen-bond donors (Lipinski definition) is 2. The fourth-order valence-corrected chi connectivity index (χ4v) is 4.91. The second-order valence-corrected chi connectivity index (χ2v) is 10.3. The highest BCUT2D eigenvalue weighted by atomic mass is 32.2. The maximum absolute atomic E-state index is 13.3. The Morgan fingerprint density at radius 1 is 1.30 bits per heavy atom. The van der Waals surface area contributed by atoms with E-state index < -0.39 is 11.5 Å². The van der Waals surface area contributed by atoms with Crippen LogP contribution < -0.4 is 10.6 Å². The van der Waals surface area contributed by atoms with Gasteiger partial charge in [-0.25, -0.2) is 4.79 Å². The average molecular weight is 435 g/mol. The average Bonchev–Trinajstić information content (AvgIpc) is 3.27. The van der Waals surface area contributed by atoms with Gasteiger partial charge in [-0.15, -0.1) is 11.8 Å². The molecule has 0 saturated carbocycles. The number of carbonyl (C=O) groups excluding carboxylic acids is 2. The summed E-state index contributed by atoms with van der Waals surface area (Å²) in [6.07, 6.45) is 2.79. The van der Waals surface area contributed by atoms with Gasteiger partial charge in [0.2, 0.25) is 5.91 Å². The predicted octanol–water partition coefficient (Wildman–Crippen LogP) is 2.52. The Morgan fingerprint density at radius 3 is 2.53 bits per heavy atom. The Kier molecular flexibility index (Phi) is 6.52. The molecule has 3 rings (SSSR count). The summed E-state index contributed by atoms with van der Waals surface area (Å²) in [5.74, 6) is -0.210. The van der Waals surface area contributed by atoms with Gasteiger partial charge in [0.1, 0.15) is 17.1 Å². The number of carbonyl (C=O) groups is 2. The van der Waals surface area contributed by atoms with E-state index in [1.807, 2.05) is 34.0 Å². The van der Waals surface area contributed by atoms with Gasteiger partial charge >= 0.3 is 6.03 Å². The van der Waals surface area contributed by atoms with Crippen LogP contribution in [0.25, 0.3) is 0 Å². The van der Waals surface area contributed by atoms with Crippen LogP contribution in [-0.2, 0) is 17.8 Å². The molecule has 9 heteroatoms. The molecular weight excluding hydrogens is 400 g/mol. The fraction of sp³-hybridized carbons (Fsp3) is 0.667. The first-order chi connectivity index (χ1) is 14.0. The normalized spacial score (nSPS) is 20.4. The molecule has 0 aromatic carbocycles. The summed E-state index contributed by atoms with van der Waals surface area (Å²) in [5, 5.41) is 12.5. The molecule has 2 amide bonds. The first-order valence-corrected chi connectivity index (χ1v) is 11.4. The summed E-state index contributed by atoms with van der Waals surface area (Å²) in [7, 11) is 3.61. The molecule has 30 heavy (non-hydrogen) atoms. The van der Waals surface area contributed by atoms with Crippen molar-refractivity contribution in [2.75, 3.05) is 20.6 Å². The summed E-state index contributed by atoms with van der Waals surface area (Å²) >= 11 is 1.69. The summed E-state index contributed by atoms with van der Waals surface area (Å²) < 4.78 is 1.50. The molecule has 2 atom stereocenters. The van der Waals surface area contributed by atoms with Crippen LogP contribution in [0.3, 0.4) is 0 Å². The van der Waals surface area contributed by atoms with Gasteiger partial charge in [0.15, 0.2) is 0 Å². The molecule has 1 unspecified atom stereocenters. The van der Waals surface area contributed by atoms with Crippen LogP contribution in [0.15, 0.2) is 11.6 Å². The molecular formula is C21H34N6O2S. The van der Waals surface area contributed by atoms with Gasteiger partial charge < -0.3 is 15.5 Å². The van der Waals surface area contributed by atoms with E-state index in [-0.39, 0.29) is 17.3 Å². The van der Waals surface area contributed by atoms with Crippen molar-refractivity contribution >= 4 is 23.7 Å². The summed E-state index contributed by atoms with van der Waals surface area (Å²) in [5.41, 5.74) is 2.58. The van der Waals surface area contributed by atoms with Crippen molar-refractivity contribution in [1.29, 1.82) is 0 Å². The Hall–Kier alpha value is -2.00. The van der Waals surface area contributed by atoms with Crippen molar-refractivity contribution in [3.05, 3.63) is 28.6 Å². The number of thioether (sulfide) groups is 1. The smallest absolute Gasteiger partial charge is 0.342 e. The number of amides is 2.